The molecule has 3 nitrogen and oxygen atoms in total. The van der Waals surface area contributed by atoms with Crippen LogP contribution in [0.15, 0.2) is 63.5 Å². The van der Waals surface area contributed by atoms with Crippen molar-refractivity contribution >= 4 is 29.2 Å². The third-order valence-corrected chi connectivity index (χ3v) is 7.59. The van der Waals surface area contributed by atoms with Crippen LogP contribution in [0.3, 0.4) is 0 Å². The maximum atomic E-state index is 5.31. The minimum Gasteiger partial charge on any atom is -0.399 e. The number of nitrogens with zero attached hydrogens (tertiary/aromatic N) is 1. The van der Waals surface area contributed by atoms with Gasteiger partial charge in [-0.1, -0.05) is 35.8 Å². The van der Waals surface area contributed by atoms with Gasteiger partial charge in [0, 0.05) is 33.7 Å². The summed E-state index contributed by atoms with van der Waals surface area (Å²) >= 11 is 3.57. The highest BCUT2D eigenvalue weighted by Gasteiger charge is 2.45. The Morgan fingerprint density at radius 2 is 1.29 bits per heavy atom. The van der Waals surface area contributed by atoms with Gasteiger partial charge in [0.15, 0.2) is 0 Å². The largest absolute Gasteiger partial charge is 0.399 e. The van der Waals surface area contributed by atoms with Crippen LogP contribution < -0.4 is 5.32 Å². The van der Waals surface area contributed by atoms with Gasteiger partial charge in [-0.05, 0) is 60.7 Å². The van der Waals surface area contributed by atoms with Crippen LogP contribution in [0.1, 0.15) is 42.5 Å². The third-order valence-electron chi connectivity index (χ3n) is 6.10. The number of fused-ring (bicyclic) bond motifs is 2. The van der Waals surface area contributed by atoms with Crippen molar-refractivity contribution in [3.05, 3.63) is 59.7 Å². The van der Waals surface area contributed by atoms with Crippen LogP contribution in [-0.2, 0) is 4.84 Å². The van der Waals surface area contributed by atoms with E-state index < -0.39 is 0 Å². The number of piperidine rings is 1. The number of rotatable bonds is 5. The lowest BCUT2D eigenvalue weighted by Gasteiger charge is -2.47. The first-order chi connectivity index (χ1) is 13.7. The highest BCUT2D eigenvalue weighted by molar-refractivity contribution is 7.98. The van der Waals surface area contributed by atoms with Crippen LogP contribution >= 0.6 is 23.5 Å². The first-order valence-corrected chi connectivity index (χ1v) is 12.3. The van der Waals surface area contributed by atoms with Gasteiger partial charge in [-0.3, -0.25) is 0 Å². The lowest BCUT2D eigenvalue weighted by atomic mass is 9.67. The van der Waals surface area contributed by atoms with Crippen LogP contribution in [0.25, 0.3) is 0 Å². The monoisotopic (exact) mass is 412 g/mol. The smallest absolute Gasteiger partial charge is 0.106 e. The van der Waals surface area contributed by atoms with E-state index in [0.717, 1.165) is 0 Å². The Kier molecular flexibility index (Phi) is 6.34. The molecule has 28 heavy (non-hydrogen) atoms. The summed E-state index contributed by atoms with van der Waals surface area (Å²) in [6.45, 7) is 0. The highest BCUT2D eigenvalue weighted by Crippen LogP contribution is 2.46. The number of thioether (sulfide) groups is 2. The fourth-order valence-corrected chi connectivity index (χ4v) is 5.57. The molecule has 1 aliphatic carbocycles. The molecule has 1 saturated heterocycles. The van der Waals surface area contributed by atoms with Gasteiger partial charge >= 0.3 is 0 Å². The molecule has 2 fully saturated rings. The van der Waals surface area contributed by atoms with Gasteiger partial charge in [-0.25, -0.2) is 0 Å². The molecule has 0 amide bonds. The topological polar surface area (TPSA) is 33.6 Å². The third kappa shape index (κ3) is 3.85. The van der Waals surface area contributed by atoms with E-state index in [-0.39, 0.29) is 12.1 Å². The summed E-state index contributed by atoms with van der Waals surface area (Å²) < 4.78 is 0. The molecule has 1 heterocycles. The average molecular weight is 413 g/mol. The van der Waals surface area contributed by atoms with Crippen LogP contribution in [-0.4, -0.2) is 25.3 Å². The first kappa shape index (κ1) is 19.9. The van der Waals surface area contributed by atoms with Crippen molar-refractivity contribution in [3.63, 3.8) is 0 Å². The minimum atomic E-state index is 0.270. The van der Waals surface area contributed by atoms with E-state index in [1.165, 1.54) is 45.9 Å². The molecule has 0 spiro atoms. The number of oxime groups is 1. The summed E-state index contributed by atoms with van der Waals surface area (Å²) in [4.78, 5) is 7.92. The summed E-state index contributed by atoms with van der Waals surface area (Å²) in [6.07, 6.45) is 7.82. The Morgan fingerprint density at radius 3 is 1.68 bits per heavy atom. The number of nitrogens with one attached hydrogen (secondary N) is 1. The van der Waals surface area contributed by atoms with Crippen LogP contribution in [0.5, 0.6) is 0 Å². The summed E-state index contributed by atoms with van der Waals surface area (Å²) in [6, 6.07) is 18.6. The summed E-state index contributed by atoms with van der Waals surface area (Å²) in [5.41, 5.74) is 3.93. The molecule has 0 radical (unpaired) electrons. The predicted octanol–water partition coefficient (Wildman–Crippen LogP) is 5.93. The summed E-state index contributed by atoms with van der Waals surface area (Å²) in [5.74, 6) is 0.807. The summed E-state index contributed by atoms with van der Waals surface area (Å²) in [5, 5.41) is 8.56. The maximum absolute atomic E-state index is 5.31. The molecule has 148 valence electrons. The Bertz CT molecular complexity index is 756. The minimum absolute atomic E-state index is 0.270. The van der Waals surface area contributed by atoms with Crippen molar-refractivity contribution in [2.45, 2.75) is 41.1 Å². The number of hydrogen-bond acceptors (Lipinski definition) is 5. The second kappa shape index (κ2) is 8.93. The number of hydrogen-bond donors (Lipinski definition) is 1. The van der Waals surface area contributed by atoms with Crippen molar-refractivity contribution < 1.29 is 4.84 Å². The molecule has 2 aliphatic rings. The molecule has 0 unspecified atom stereocenters. The van der Waals surface area contributed by atoms with Gasteiger partial charge < -0.3 is 10.2 Å². The van der Waals surface area contributed by atoms with E-state index in [1.807, 2.05) is 0 Å². The Morgan fingerprint density at radius 1 is 0.821 bits per heavy atom. The molecule has 4 atom stereocenters. The quantitative estimate of drug-likeness (QED) is 0.487. The highest BCUT2D eigenvalue weighted by atomic mass is 32.2. The molecule has 2 aromatic carbocycles. The van der Waals surface area contributed by atoms with Crippen LogP contribution in [0, 0.1) is 11.8 Å². The molecule has 4 rings (SSSR count). The summed E-state index contributed by atoms with van der Waals surface area (Å²) in [7, 11) is 1.68. The molecular weight excluding hydrogens is 384 g/mol. The molecular formula is C23H28N2OS2. The Labute approximate surface area is 176 Å². The number of benzene rings is 2. The first-order valence-electron chi connectivity index (χ1n) is 9.90. The zero-order chi connectivity index (χ0) is 19.5. The van der Waals surface area contributed by atoms with Crippen LogP contribution in [0.2, 0.25) is 0 Å². The van der Waals surface area contributed by atoms with Crippen molar-refractivity contribution in [2.75, 3.05) is 19.6 Å². The molecule has 1 saturated carbocycles. The molecule has 5 heteroatoms. The van der Waals surface area contributed by atoms with Gasteiger partial charge in [0.05, 0.1) is 5.71 Å². The van der Waals surface area contributed by atoms with Gasteiger partial charge in [-0.2, -0.15) is 0 Å². The maximum Gasteiger partial charge on any atom is 0.106 e. The van der Waals surface area contributed by atoms with Gasteiger partial charge in [0.2, 0.25) is 0 Å². The van der Waals surface area contributed by atoms with Crippen molar-refractivity contribution in [1.82, 2.24) is 5.32 Å². The second-order valence-electron chi connectivity index (χ2n) is 7.51. The Balaban J connectivity index is 1.72. The fourth-order valence-electron chi connectivity index (χ4n) is 4.75. The van der Waals surface area contributed by atoms with Crippen molar-refractivity contribution in [2.24, 2.45) is 17.0 Å². The van der Waals surface area contributed by atoms with E-state index in [1.54, 1.807) is 30.6 Å². The van der Waals surface area contributed by atoms with Crippen LogP contribution in [0.4, 0.5) is 0 Å². The fraction of sp³-hybridized carbons (Fsp3) is 0.435. The van der Waals surface area contributed by atoms with E-state index >= 15 is 0 Å². The van der Waals surface area contributed by atoms with E-state index in [0.29, 0.717) is 11.8 Å². The van der Waals surface area contributed by atoms with E-state index in [4.69, 9.17) is 4.84 Å². The SMILES string of the molecule is CON=C1[C@H]2CCC[C@@H]1[C@H](c1ccc(SC)cc1)N[C@@H]2c1ccc(SC)cc1. The Hall–Kier alpha value is -1.43. The van der Waals surface area contributed by atoms with Crippen molar-refractivity contribution in [3.8, 4) is 0 Å². The normalized spacial score (nSPS) is 28.3. The molecule has 2 aromatic rings. The molecule has 1 aliphatic heterocycles. The lowest BCUT2D eigenvalue weighted by molar-refractivity contribution is 0.180. The molecule has 1 N–H and O–H groups in total. The molecule has 0 aromatic heterocycles. The predicted molar refractivity (Wildman–Crippen MR) is 120 cm³/mol. The zero-order valence-corrected chi connectivity index (χ0v) is 18.4. The standard InChI is InChI=1S/C23H28N2OS2/c1-26-25-23-19-5-4-6-20(23)22(16-9-13-18(28-3)14-10-16)24-21(19)15-7-11-17(27-2)12-8-15/h7-14,19-22,24H,4-6H2,1-3H3/t19-,20+,21+,22-. The van der Waals surface area contributed by atoms with Gasteiger partial charge in [0.1, 0.15) is 7.11 Å². The molecule has 2 bridgehead atoms. The van der Waals surface area contributed by atoms with Crippen molar-refractivity contribution in [1.29, 1.82) is 0 Å². The lowest BCUT2D eigenvalue weighted by Crippen LogP contribution is -2.50. The van der Waals surface area contributed by atoms with E-state index in [2.05, 4.69) is 71.5 Å². The second-order valence-corrected chi connectivity index (χ2v) is 9.27. The average Bonchev–Trinajstić information content (AvgIpc) is 2.74. The van der Waals surface area contributed by atoms with Gasteiger partial charge in [-0.15, -0.1) is 23.5 Å². The zero-order valence-electron chi connectivity index (χ0n) is 16.7. The van der Waals surface area contributed by atoms with E-state index in [9.17, 15) is 0 Å². The van der Waals surface area contributed by atoms with Gasteiger partial charge in [0.25, 0.3) is 0 Å².